The molecule has 0 aliphatic heterocycles. The Balaban J connectivity index is 2.01. The van der Waals surface area contributed by atoms with Crippen LogP contribution in [-0.4, -0.2) is 30.5 Å². The van der Waals surface area contributed by atoms with Gasteiger partial charge in [0.15, 0.2) is 0 Å². The number of hydrogen-bond donors (Lipinski definition) is 0. The van der Waals surface area contributed by atoms with Crippen LogP contribution in [0.25, 0.3) is 0 Å². The van der Waals surface area contributed by atoms with Crippen molar-refractivity contribution in [3.05, 3.63) is 63.5 Å². The molecule has 3 rings (SSSR count). The Bertz CT molecular complexity index is 999. The highest BCUT2D eigenvalue weighted by atomic mass is 35.5. The van der Waals surface area contributed by atoms with Crippen LogP contribution in [0.1, 0.15) is 30.5 Å². The monoisotopic (exact) mass is 420 g/mol. The number of sulfonamides is 1. The molecule has 1 fully saturated rings. The molecule has 2 aromatic rings. The molecule has 0 spiro atoms. The van der Waals surface area contributed by atoms with E-state index in [9.17, 15) is 26.4 Å². The number of hydrogen-bond acceptors (Lipinski definition) is 3. The zero-order valence-electron chi connectivity index (χ0n) is 14.1. The number of nitrogens with zero attached hydrogens (tertiary/aromatic N) is 2. The number of pyridine rings is 1. The van der Waals surface area contributed by atoms with Gasteiger partial charge < -0.3 is 4.57 Å². The highest BCUT2D eigenvalue weighted by Crippen LogP contribution is 2.40. The molecule has 1 heterocycles. The maximum absolute atomic E-state index is 13.7. The molecule has 1 unspecified atom stereocenters. The molecule has 0 bridgehead atoms. The Kier molecular flexibility index (Phi) is 5.13. The number of halogens is 4. The molecule has 146 valence electrons. The van der Waals surface area contributed by atoms with Crippen molar-refractivity contribution in [2.75, 3.05) is 7.05 Å². The molecule has 1 aromatic heterocycles. The summed E-state index contributed by atoms with van der Waals surface area (Å²) in [5.41, 5.74) is -0.827. The van der Waals surface area contributed by atoms with Crippen LogP contribution >= 0.6 is 11.6 Å². The number of rotatable bonds is 5. The maximum Gasteiger partial charge on any atom is 0.409 e. The van der Waals surface area contributed by atoms with Gasteiger partial charge in [0.2, 0.25) is 10.0 Å². The summed E-state index contributed by atoms with van der Waals surface area (Å²) in [6, 6.07) is 4.39. The molecule has 1 aliphatic rings. The highest BCUT2D eigenvalue weighted by Gasteiger charge is 2.47. The lowest BCUT2D eigenvalue weighted by molar-refractivity contribution is -0.171. The van der Waals surface area contributed by atoms with Gasteiger partial charge in [-0.15, -0.1) is 0 Å². The zero-order valence-corrected chi connectivity index (χ0v) is 15.7. The third kappa shape index (κ3) is 4.04. The summed E-state index contributed by atoms with van der Waals surface area (Å²) in [5.74, 6) is 0. The van der Waals surface area contributed by atoms with Crippen molar-refractivity contribution >= 4 is 21.6 Å². The van der Waals surface area contributed by atoms with E-state index in [1.54, 1.807) is 0 Å². The van der Waals surface area contributed by atoms with Gasteiger partial charge in [0, 0.05) is 30.4 Å². The second kappa shape index (κ2) is 6.96. The van der Waals surface area contributed by atoms with E-state index >= 15 is 0 Å². The molecule has 0 amide bonds. The molecule has 10 heteroatoms. The van der Waals surface area contributed by atoms with Crippen LogP contribution < -0.4 is 5.56 Å². The van der Waals surface area contributed by atoms with Crippen molar-refractivity contribution in [3.63, 3.8) is 0 Å². The lowest BCUT2D eigenvalue weighted by Gasteiger charge is -2.29. The predicted octanol–water partition coefficient (Wildman–Crippen LogP) is 3.76. The largest absolute Gasteiger partial charge is 0.409 e. The van der Waals surface area contributed by atoms with E-state index in [-0.39, 0.29) is 20.9 Å². The Labute approximate surface area is 159 Å². The maximum atomic E-state index is 13.7. The van der Waals surface area contributed by atoms with Crippen molar-refractivity contribution in [1.29, 1.82) is 0 Å². The molecule has 5 nitrogen and oxygen atoms in total. The summed E-state index contributed by atoms with van der Waals surface area (Å²) in [6.07, 6.45) is -1.92. The fourth-order valence-electron chi connectivity index (χ4n) is 2.84. The number of benzene rings is 1. The molecular formula is C17H16ClF3N2O3S. The smallest absolute Gasteiger partial charge is 0.312 e. The minimum absolute atomic E-state index is 0.0315. The van der Waals surface area contributed by atoms with Crippen LogP contribution in [0.5, 0.6) is 0 Å². The Morgan fingerprint density at radius 3 is 2.26 bits per heavy atom. The van der Waals surface area contributed by atoms with Gasteiger partial charge in [-0.05, 0) is 36.6 Å². The van der Waals surface area contributed by atoms with Crippen LogP contribution in [0.4, 0.5) is 13.2 Å². The molecule has 0 N–H and O–H groups in total. The minimum atomic E-state index is -4.86. The lowest BCUT2D eigenvalue weighted by atomic mass is 10.1. The molecule has 0 saturated heterocycles. The van der Waals surface area contributed by atoms with Gasteiger partial charge in [0.05, 0.1) is 4.90 Å². The third-order valence-electron chi connectivity index (χ3n) is 4.40. The van der Waals surface area contributed by atoms with Gasteiger partial charge >= 0.3 is 6.18 Å². The quantitative estimate of drug-likeness (QED) is 0.740. The average Bonchev–Trinajstić information content (AvgIpc) is 3.40. The van der Waals surface area contributed by atoms with Gasteiger partial charge in [-0.1, -0.05) is 23.7 Å². The zero-order chi connectivity index (χ0) is 20.0. The van der Waals surface area contributed by atoms with Gasteiger partial charge in [-0.2, -0.15) is 17.5 Å². The Hall–Kier alpha value is -1.84. The van der Waals surface area contributed by atoms with E-state index < -0.39 is 32.7 Å². The minimum Gasteiger partial charge on any atom is -0.312 e. The van der Waals surface area contributed by atoms with E-state index in [1.807, 2.05) is 0 Å². The van der Waals surface area contributed by atoms with Crippen molar-refractivity contribution in [3.8, 4) is 0 Å². The molecule has 1 saturated carbocycles. The van der Waals surface area contributed by atoms with Crippen LogP contribution in [0.15, 0.2) is 52.3 Å². The molecule has 1 aromatic carbocycles. The normalized spacial score (nSPS) is 16.5. The van der Waals surface area contributed by atoms with Crippen molar-refractivity contribution in [2.45, 2.75) is 36.0 Å². The first-order valence-corrected chi connectivity index (χ1v) is 9.86. The van der Waals surface area contributed by atoms with E-state index in [2.05, 4.69) is 0 Å². The predicted molar refractivity (Wildman–Crippen MR) is 94.2 cm³/mol. The summed E-state index contributed by atoms with van der Waals surface area (Å²) in [6.45, 7) is 0. The van der Waals surface area contributed by atoms with Gasteiger partial charge in [0.1, 0.15) is 6.04 Å². The molecular weight excluding hydrogens is 405 g/mol. The second-order valence-corrected chi connectivity index (χ2v) is 8.79. The van der Waals surface area contributed by atoms with Crippen molar-refractivity contribution in [1.82, 2.24) is 8.87 Å². The SMILES string of the molecule is CN(C(c1ccc(Cl)cc1)C(F)(F)F)S(=O)(=O)c1ccn(C2CC2)c(=O)c1. The van der Waals surface area contributed by atoms with E-state index in [4.69, 9.17) is 11.6 Å². The standard InChI is InChI=1S/C17H16ClF3N2O3S/c1-22(16(17(19,20)21)11-2-4-12(18)5-3-11)27(25,26)14-8-9-23(13-6-7-13)15(24)10-14/h2-5,8-10,13,16H,6-7H2,1H3. The summed E-state index contributed by atoms with van der Waals surface area (Å²) >= 11 is 5.71. The Morgan fingerprint density at radius 1 is 1.19 bits per heavy atom. The van der Waals surface area contributed by atoms with Gasteiger partial charge in [-0.3, -0.25) is 4.79 Å². The fraction of sp³-hybridized carbons (Fsp3) is 0.353. The van der Waals surface area contributed by atoms with E-state index in [0.717, 1.165) is 44.2 Å². The molecule has 1 aliphatic carbocycles. The lowest BCUT2D eigenvalue weighted by Crippen LogP contribution is -2.40. The first-order chi connectivity index (χ1) is 12.5. The topological polar surface area (TPSA) is 59.4 Å². The fourth-order valence-corrected chi connectivity index (χ4v) is 4.30. The van der Waals surface area contributed by atoms with Crippen LogP contribution in [0, 0.1) is 0 Å². The summed E-state index contributed by atoms with van der Waals surface area (Å²) < 4.78 is 68.1. The first kappa shape index (κ1) is 19.9. The third-order valence-corrected chi connectivity index (χ3v) is 6.47. The summed E-state index contributed by atoms with van der Waals surface area (Å²) in [5, 5.41) is 0.230. The van der Waals surface area contributed by atoms with Crippen molar-refractivity contribution in [2.24, 2.45) is 0 Å². The number of aromatic nitrogens is 1. The van der Waals surface area contributed by atoms with Gasteiger partial charge in [0.25, 0.3) is 5.56 Å². The van der Waals surface area contributed by atoms with Gasteiger partial charge in [-0.25, -0.2) is 8.42 Å². The van der Waals surface area contributed by atoms with Crippen molar-refractivity contribution < 1.29 is 21.6 Å². The first-order valence-electron chi connectivity index (χ1n) is 8.04. The second-order valence-electron chi connectivity index (χ2n) is 6.36. The Morgan fingerprint density at radius 2 is 1.78 bits per heavy atom. The van der Waals surface area contributed by atoms with Crippen LogP contribution in [-0.2, 0) is 10.0 Å². The summed E-state index contributed by atoms with van der Waals surface area (Å²) in [7, 11) is -3.72. The summed E-state index contributed by atoms with van der Waals surface area (Å²) in [4.78, 5) is 11.6. The van der Waals surface area contributed by atoms with E-state index in [0.29, 0.717) is 0 Å². The van der Waals surface area contributed by atoms with E-state index in [1.165, 1.54) is 22.9 Å². The van der Waals surface area contributed by atoms with Crippen LogP contribution in [0.3, 0.4) is 0 Å². The highest BCUT2D eigenvalue weighted by molar-refractivity contribution is 7.89. The van der Waals surface area contributed by atoms with Crippen LogP contribution in [0.2, 0.25) is 5.02 Å². The molecule has 1 atom stereocenters. The number of alkyl halides is 3. The average molecular weight is 421 g/mol. The molecule has 27 heavy (non-hydrogen) atoms. The molecule has 0 radical (unpaired) electrons.